The van der Waals surface area contributed by atoms with Crippen LogP contribution in [0.3, 0.4) is 0 Å². The summed E-state index contributed by atoms with van der Waals surface area (Å²) in [5, 5.41) is 26.0. The number of phenolic OH excluding ortho intramolecular Hbond substituents is 1. The van der Waals surface area contributed by atoms with Gasteiger partial charge in [0.1, 0.15) is 6.10 Å². The number of hydrogen-bond donors (Lipinski definition) is 3. The van der Waals surface area contributed by atoms with Gasteiger partial charge in [-0.1, -0.05) is 19.4 Å². The smallest absolute Gasteiger partial charge is 0.338 e. The molecule has 0 radical (unpaired) electrons. The summed E-state index contributed by atoms with van der Waals surface area (Å²) in [5.74, 6) is -0.582. The van der Waals surface area contributed by atoms with E-state index in [1.807, 2.05) is 0 Å². The Morgan fingerprint density at radius 3 is 2.79 bits per heavy atom. The SMILES string of the molecule is CC1=C(C(=O)OC2CCCC(C)C2)C(c2ccc(O)c([N+](=O)[O-])c2)NC(=O)N1. The Labute approximate surface area is 161 Å². The van der Waals surface area contributed by atoms with Gasteiger partial charge in [-0.3, -0.25) is 10.1 Å². The number of benzene rings is 1. The first-order valence-corrected chi connectivity index (χ1v) is 9.22. The van der Waals surface area contributed by atoms with Crippen molar-refractivity contribution in [2.45, 2.75) is 51.7 Å². The summed E-state index contributed by atoms with van der Waals surface area (Å²) >= 11 is 0. The van der Waals surface area contributed by atoms with Crippen LogP contribution < -0.4 is 10.6 Å². The van der Waals surface area contributed by atoms with E-state index in [0.29, 0.717) is 17.2 Å². The van der Waals surface area contributed by atoms with Gasteiger partial charge in [0.05, 0.1) is 16.5 Å². The van der Waals surface area contributed by atoms with E-state index in [9.17, 15) is 24.8 Å². The minimum absolute atomic E-state index is 0.191. The Morgan fingerprint density at radius 2 is 2.11 bits per heavy atom. The summed E-state index contributed by atoms with van der Waals surface area (Å²) < 4.78 is 5.69. The minimum Gasteiger partial charge on any atom is -0.502 e. The zero-order valence-corrected chi connectivity index (χ0v) is 15.7. The van der Waals surface area contributed by atoms with E-state index in [0.717, 1.165) is 31.7 Å². The highest BCUT2D eigenvalue weighted by molar-refractivity contribution is 5.95. The third-order valence-corrected chi connectivity index (χ3v) is 5.18. The molecule has 1 aromatic rings. The van der Waals surface area contributed by atoms with Crippen molar-refractivity contribution in [3.63, 3.8) is 0 Å². The maximum Gasteiger partial charge on any atom is 0.338 e. The highest BCUT2D eigenvalue weighted by Gasteiger charge is 2.35. The van der Waals surface area contributed by atoms with Crippen molar-refractivity contribution in [1.29, 1.82) is 0 Å². The lowest BCUT2D eigenvalue weighted by Crippen LogP contribution is -2.45. The second-order valence-electron chi connectivity index (χ2n) is 7.37. The van der Waals surface area contributed by atoms with Gasteiger partial charge >= 0.3 is 17.7 Å². The number of hydrogen-bond acceptors (Lipinski definition) is 6. The largest absolute Gasteiger partial charge is 0.502 e. The molecule has 1 heterocycles. The first-order chi connectivity index (χ1) is 13.3. The molecule has 9 nitrogen and oxygen atoms in total. The van der Waals surface area contributed by atoms with Gasteiger partial charge in [-0.25, -0.2) is 9.59 Å². The lowest BCUT2D eigenvalue weighted by atomic mass is 9.88. The van der Waals surface area contributed by atoms with Crippen LogP contribution >= 0.6 is 0 Å². The number of nitrogens with one attached hydrogen (secondary N) is 2. The number of amides is 2. The van der Waals surface area contributed by atoms with Gasteiger partial charge in [-0.2, -0.15) is 0 Å². The number of urea groups is 1. The number of nitro groups is 1. The molecule has 1 aromatic carbocycles. The van der Waals surface area contributed by atoms with Crippen LogP contribution in [0.2, 0.25) is 0 Å². The average molecular weight is 389 g/mol. The van der Waals surface area contributed by atoms with Crippen LogP contribution in [0.25, 0.3) is 0 Å². The van der Waals surface area contributed by atoms with Crippen molar-refractivity contribution in [3.05, 3.63) is 45.1 Å². The summed E-state index contributed by atoms with van der Waals surface area (Å²) in [4.78, 5) is 35.3. The Hall–Kier alpha value is -3.10. The Morgan fingerprint density at radius 1 is 1.36 bits per heavy atom. The number of rotatable bonds is 4. The van der Waals surface area contributed by atoms with E-state index in [4.69, 9.17) is 4.74 Å². The zero-order chi connectivity index (χ0) is 20.4. The number of nitrogens with zero attached hydrogens (tertiary/aromatic N) is 1. The Bertz CT molecular complexity index is 850. The van der Waals surface area contributed by atoms with Crippen molar-refractivity contribution < 1.29 is 24.4 Å². The molecule has 0 bridgehead atoms. The number of carbonyl (C=O) groups is 2. The summed E-state index contributed by atoms with van der Waals surface area (Å²) in [6.07, 6.45) is 3.47. The van der Waals surface area contributed by atoms with Gasteiger partial charge in [0.2, 0.25) is 0 Å². The highest BCUT2D eigenvalue weighted by atomic mass is 16.6. The molecule has 3 N–H and O–H groups in total. The number of allylic oxidation sites excluding steroid dienone is 1. The molecule has 0 spiro atoms. The summed E-state index contributed by atoms with van der Waals surface area (Å²) in [5.41, 5.74) is 0.329. The van der Waals surface area contributed by atoms with Crippen LogP contribution in [0.1, 0.15) is 51.1 Å². The fourth-order valence-electron chi connectivity index (χ4n) is 3.78. The predicted octanol–water partition coefficient (Wildman–Crippen LogP) is 3.05. The van der Waals surface area contributed by atoms with Gasteiger partial charge < -0.3 is 20.5 Å². The first kappa shape index (κ1) is 19.7. The standard InChI is InChI=1S/C19H23N3O6/c1-10-4-3-5-13(8-10)28-18(24)16-11(2)20-19(25)21-17(16)12-6-7-15(23)14(9-12)22(26)27/h6-7,9-10,13,17,23H,3-5,8H2,1-2H3,(H2,20,21,25). The molecule has 3 rings (SSSR count). The number of carbonyl (C=O) groups excluding carboxylic acids is 2. The van der Waals surface area contributed by atoms with E-state index in [1.54, 1.807) is 6.92 Å². The molecule has 1 aliphatic heterocycles. The van der Waals surface area contributed by atoms with Gasteiger partial charge in [-0.05, 0) is 43.7 Å². The molecule has 1 aliphatic carbocycles. The van der Waals surface area contributed by atoms with Crippen LogP contribution in [0.5, 0.6) is 5.75 Å². The molecule has 0 saturated heterocycles. The lowest BCUT2D eigenvalue weighted by Gasteiger charge is -2.31. The predicted molar refractivity (Wildman–Crippen MR) is 99.4 cm³/mol. The van der Waals surface area contributed by atoms with Crippen molar-refractivity contribution in [1.82, 2.24) is 10.6 Å². The normalized spacial score (nSPS) is 24.9. The molecule has 3 unspecified atom stereocenters. The fourth-order valence-corrected chi connectivity index (χ4v) is 3.78. The van der Waals surface area contributed by atoms with Crippen LogP contribution in [-0.2, 0) is 9.53 Å². The lowest BCUT2D eigenvalue weighted by molar-refractivity contribution is -0.385. The fraction of sp³-hybridized carbons (Fsp3) is 0.474. The zero-order valence-electron chi connectivity index (χ0n) is 15.7. The van der Waals surface area contributed by atoms with Crippen LogP contribution in [0, 0.1) is 16.0 Å². The number of esters is 1. The highest BCUT2D eigenvalue weighted by Crippen LogP contribution is 2.34. The van der Waals surface area contributed by atoms with E-state index in [-0.39, 0.29) is 11.7 Å². The van der Waals surface area contributed by atoms with E-state index in [1.165, 1.54) is 12.1 Å². The summed E-state index contributed by atoms with van der Waals surface area (Å²) in [7, 11) is 0. The first-order valence-electron chi connectivity index (χ1n) is 9.22. The Balaban J connectivity index is 1.91. The quantitative estimate of drug-likeness (QED) is 0.412. The van der Waals surface area contributed by atoms with Gasteiger partial charge in [0.15, 0.2) is 5.75 Å². The van der Waals surface area contributed by atoms with Crippen molar-refractivity contribution in [2.75, 3.05) is 0 Å². The number of nitro benzene ring substituents is 1. The molecule has 1 fully saturated rings. The average Bonchev–Trinajstić information content (AvgIpc) is 2.61. The van der Waals surface area contributed by atoms with Crippen molar-refractivity contribution in [3.8, 4) is 5.75 Å². The van der Waals surface area contributed by atoms with Crippen molar-refractivity contribution in [2.24, 2.45) is 5.92 Å². The molecular formula is C19H23N3O6. The van der Waals surface area contributed by atoms with Crippen molar-refractivity contribution >= 4 is 17.7 Å². The molecule has 150 valence electrons. The van der Waals surface area contributed by atoms with Crippen LogP contribution in [0.15, 0.2) is 29.5 Å². The summed E-state index contributed by atoms with van der Waals surface area (Å²) in [6, 6.07) is 2.31. The number of phenols is 1. The summed E-state index contributed by atoms with van der Waals surface area (Å²) in [6.45, 7) is 3.70. The molecule has 28 heavy (non-hydrogen) atoms. The van der Waals surface area contributed by atoms with Gasteiger partial charge in [0, 0.05) is 11.8 Å². The van der Waals surface area contributed by atoms with E-state index >= 15 is 0 Å². The van der Waals surface area contributed by atoms with E-state index in [2.05, 4.69) is 17.6 Å². The molecular weight excluding hydrogens is 366 g/mol. The topological polar surface area (TPSA) is 131 Å². The van der Waals surface area contributed by atoms with Crippen LogP contribution in [-0.4, -0.2) is 28.1 Å². The second kappa shape index (κ2) is 7.87. The number of aromatic hydroxyl groups is 1. The molecule has 2 amide bonds. The molecule has 2 aliphatic rings. The second-order valence-corrected chi connectivity index (χ2v) is 7.37. The Kier molecular flexibility index (Phi) is 5.53. The van der Waals surface area contributed by atoms with E-state index < -0.39 is 34.4 Å². The maximum atomic E-state index is 12.9. The third kappa shape index (κ3) is 4.08. The maximum absolute atomic E-state index is 12.9. The monoisotopic (exact) mass is 389 g/mol. The number of ether oxygens (including phenoxy) is 1. The van der Waals surface area contributed by atoms with Gasteiger partial charge in [0.25, 0.3) is 0 Å². The molecule has 3 atom stereocenters. The van der Waals surface area contributed by atoms with Crippen LogP contribution in [0.4, 0.5) is 10.5 Å². The van der Waals surface area contributed by atoms with Gasteiger partial charge in [-0.15, -0.1) is 0 Å². The third-order valence-electron chi connectivity index (χ3n) is 5.18. The molecule has 9 heteroatoms. The molecule has 0 aromatic heterocycles. The minimum atomic E-state index is -0.915. The molecule has 1 saturated carbocycles.